The first kappa shape index (κ1) is 17.4. The normalized spacial score (nSPS) is 10.7. The summed E-state index contributed by atoms with van der Waals surface area (Å²) in [6, 6.07) is 23.0. The lowest BCUT2D eigenvalue weighted by molar-refractivity contribution is -0.111. The van der Waals surface area contributed by atoms with Crippen LogP contribution in [-0.2, 0) is 11.4 Å². The van der Waals surface area contributed by atoms with E-state index < -0.39 is 0 Å². The summed E-state index contributed by atoms with van der Waals surface area (Å²) in [5, 5.41) is 2.67. The van der Waals surface area contributed by atoms with Gasteiger partial charge in [0.2, 0.25) is 5.91 Å². The Morgan fingerprint density at radius 1 is 0.923 bits per heavy atom. The monoisotopic (exact) mass is 347 g/mol. The first-order chi connectivity index (χ1) is 12.7. The van der Waals surface area contributed by atoms with E-state index in [0.717, 1.165) is 16.9 Å². The lowest BCUT2D eigenvalue weighted by atomic mass is 10.2. The van der Waals surface area contributed by atoms with Crippen LogP contribution in [0.5, 0.6) is 5.75 Å². The molecule has 0 bridgehead atoms. The Labute approximate surface area is 151 Å². The Kier molecular flexibility index (Phi) is 5.78. The molecule has 0 saturated carbocycles. The molecule has 1 N–H and O–H groups in total. The molecular formula is C22H18FNO2. The van der Waals surface area contributed by atoms with E-state index in [1.807, 2.05) is 54.6 Å². The molecule has 0 radical (unpaired) electrons. The van der Waals surface area contributed by atoms with Crippen LogP contribution in [0.1, 0.15) is 11.1 Å². The van der Waals surface area contributed by atoms with Crippen molar-refractivity contribution < 1.29 is 13.9 Å². The van der Waals surface area contributed by atoms with Gasteiger partial charge in [-0.15, -0.1) is 0 Å². The maximum Gasteiger partial charge on any atom is 0.248 e. The molecule has 0 aromatic heterocycles. The van der Waals surface area contributed by atoms with Crippen LogP contribution in [-0.4, -0.2) is 5.91 Å². The largest absolute Gasteiger partial charge is 0.489 e. The van der Waals surface area contributed by atoms with Gasteiger partial charge in [0.05, 0.1) is 0 Å². The van der Waals surface area contributed by atoms with Crippen LogP contribution in [0.25, 0.3) is 6.08 Å². The number of anilines is 1. The molecule has 0 saturated heterocycles. The zero-order chi connectivity index (χ0) is 18.2. The van der Waals surface area contributed by atoms with Crippen LogP contribution >= 0.6 is 0 Å². The van der Waals surface area contributed by atoms with E-state index in [-0.39, 0.29) is 11.7 Å². The van der Waals surface area contributed by atoms with Gasteiger partial charge in [0.1, 0.15) is 18.2 Å². The first-order valence-electron chi connectivity index (χ1n) is 8.20. The number of carbonyl (C=O) groups is 1. The van der Waals surface area contributed by atoms with Gasteiger partial charge in [0.15, 0.2) is 0 Å². The Balaban J connectivity index is 1.52. The molecule has 0 atom stereocenters. The van der Waals surface area contributed by atoms with Crippen molar-refractivity contribution in [1.82, 2.24) is 0 Å². The molecule has 3 nitrogen and oxygen atoms in total. The molecule has 0 unspecified atom stereocenters. The molecule has 0 spiro atoms. The summed E-state index contributed by atoms with van der Waals surface area (Å²) in [7, 11) is 0. The lowest BCUT2D eigenvalue weighted by Gasteiger charge is -2.06. The molecule has 4 heteroatoms. The maximum atomic E-state index is 12.8. The third-order valence-corrected chi connectivity index (χ3v) is 3.67. The second-order valence-electron chi connectivity index (χ2n) is 5.67. The zero-order valence-electron chi connectivity index (χ0n) is 14.1. The van der Waals surface area contributed by atoms with E-state index in [4.69, 9.17) is 4.74 Å². The topological polar surface area (TPSA) is 38.3 Å². The fourth-order valence-electron chi connectivity index (χ4n) is 2.31. The quantitative estimate of drug-likeness (QED) is 0.633. The number of hydrogen-bond acceptors (Lipinski definition) is 2. The lowest BCUT2D eigenvalue weighted by Crippen LogP contribution is -2.07. The maximum absolute atomic E-state index is 12.8. The Morgan fingerprint density at radius 2 is 1.62 bits per heavy atom. The molecule has 26 heavy (non-hydrogen) atoms. The van der Waals surface area contributed by atoms with Crippen molar-refractivity contribution in [2.75, 3.05) is 5.32 Å². The molecule has 130 valence electrons. The van der Waals surface area contributed by atoms with Gasteiger partial charge in [-0.2, -0.15) is 0 Å². The van der Waals surface area contributed by atoms with Crippen LogP contribution < -0.4 is 10.1 Å². The second-order valence-corrected chi connectivity index (χ2v) is 5.67. The van der Waals surface area contributed by atoms with Crippen LogP contribution in [0.2, 0.25) is 0 Å². The van der Waals surface area contributed by atoms with Gasteiger partial charge < -0.3 is 10.1 Å². The van der Waals surface area contributed by atoms with Gasteiger partial charge in [-0.3, -0.25) is 4.79 Å². The van der Waals surface area contributed by atoms with Crippen molar-refractivity contribution >= 4 is 17.7 Å². The van der Waals surface area contributed by atoms with Gasteiger partial charge >= 0.3 is 0 Å². The number of halogens is 1. The van der Waals surface area contributed by atoms with Crippen molar-refractivity contribution in [3.63, 3.8) is 0 Å². The molecule has 0 fully saturated rings. The highest BCUT2D eigenvalue weighted by Gasteiger charge is 1.99. The summed E-state index contributed by atoms with van der Waals surface area (Å²) in [6.45, 7) is 0.510. The van der Waals surface area contributed by atoms with E-state index in [2.05, 4.69) is 5.32 Å². The third kappa shape index (κ3) is 5.31. The number of rotatable bonds is 6. The average Bonchev–Trinajstić information content (AvgIpc) is 2.68. The predicted octanol–water partition coefficient (Wildman–Crippen LogP) is 5.06. The van der Waals surface area contributed by atoms with E-state index in [1.54, 1.807) is 6.08 Å². The van der Waals surface area contributed by atoms with Gasteiger partial charge in [-0.05, 0) is 53.6 Å². The molecule has 0 aliphatic rings. The van der Waals surface area contributed by atoms with Crippen molar-refractivity contribution in [3.05, 3.63) is 102 Å². The number of ether oxygens (including phenoxy) is 1. The molecule has 3 aromatic carbocycles. The van der Waals surface area contributed by atoms with E-state index in [9.17, 15) is 9.18 Å². The molecular weight excluding hydrogens is 329 g/mol. The first-order valence-corrected chi connectivity index (χ1v) is 8.20. The minimum atomic E-state index is -0.340. The minimum absolute atomic E-state index is 0.277. The molecule has 3 rings (SSSR count). The predicted molar refractivity (Wildman–Crippen MR) is 101 cm³/mol. The smallest absolute Gasteiger partial charge is 0.248 e. The number of hydrogen-bond donors (Lipinski definition) is 1. The minimum Gasteiger partial charge on any atom is -0.489 e. The number of amides is 1. The summed E-state index contributed by atoms with van der Waals surface area (Å²) in [5.74, 6) is 0.149. The molecule has 1 amide bonds. The SMILES string of the molecule is O=C(C=Cc1ccc(OCc2ccccc2)cc1)Nc1ccc(F)cc1. The molecule has 3 aromatic rings. The fourth-order valence-corrected chi connectivity index (χ4v) is 2.31. The van der Waals surface area contributed by atoms with Crippen LogP contribution in [0.3, 0.4) is 0 Å². The van der Waals surface area contributed by atoms with Crippen molar-refractivity contribution in [3.8, 4) is 5.75 Å². The highest BCUT2D eigenvalue weighted by Crippen LogP contribution is 2.15. The number of nitrogens with one attached hydrogen (secondary N) is 1. The fraction of sp³-hybridized carbons (Fsp3) is 0.0455. The van der Waals surface area contributed by atoms with Crippen molar-refractivity contribution in [2.24, 2.45) is 0 Å². The van der Waals surface area contributed by atoms with E-state index in [1.165, 1.54) is 30.3 Å². The summed E-state index contributed by atoms with van der Waals surface area (Å²) in [4.78, 5) is 11.9. The molecule has 0 heterocycles. The standard InChI is InChI=1S/C22H18FNO2/c23-19-9-11-20(12-10-19)24-22(25)15-8-17-6-13-21(14-7-17)26-16-18-4-2-1-3-5-18/h1-15H,16H2,(H,24,25). The van der Waals surface area contributed by atoms with Crippen molar-refractivity contribution in [1.29, 1.82) is 0 Å². The van der Waals surface area contributed by atoms with Crippen LogP contribution in [0, 0.1) is 5.82 Å². The number of benzene rings is 3. The molecule has 0 aliphatic carbocycles. The summed E-state index contributed by atoms with van der Waals surface area (Å²) in [6.07, 6.45) is 3.14. The highest BCUT2D eigenvalue weighted by atomic mass is 19.1. The van der Waals surface area contributed by atoms with Gasteiger partial charge in [-0.25, -0.2) is 4.39 Å². The van der Waals surface area contributed by atoms with Crippen molar-refractivity contribution in [2.45, 2.75) is 6.61 Å². The zero-order valence-corrected chi connectivity index (χ0v) is 14.1. The third-order valence-electron chi connectivity index (χ3n) is 3.67. The van der Waals surface area contributed by atoms with Crippen LogP contribution in [0.15, 0.2) is 84.9 Å². The Hall–Kier alpha value is -3.40. The van der Waals surface area contributed by atoms with E-state index >= 15 is 0 Å². The Morgan fingerprint density at radius 3 is 2.31 bits per heavy atom. The average molecular weight is 347 g/mol. The van der Waals surface area contributed by atoms with Gasteiger partial charge in [0.25, 0.3) is 0 Å². The van der Waals surface area contributed by atoms with Gasteiger partial charge in [-0.1, -0.05) is 42.5 Å². The van der Waals surface area contributed by atoms with Gasteiger partial charge in [0, 0.05) is 11.8 Å². The highest BCUT2D eigenvalue weighted by molar-refractivity contribution is 6.01. The van der Waals surface area contributed by atoms with Crippen LogP contribution in [0.4, 0.5) is 10.1 Å². The molecule has 0 aliphatic heterocycles. The summed E-state index contributed by atoms with van der Waals surface area (Å²) in [5.41, 5.74) is 2.53. The van der Waals surface area contributed by atoms with E-state index in [0.29, 0.717) is 12.3 Å². The summed E-state index contributed by atoms with van der Waals surface area (Å²) >= 11 is 0. The second kappa shape index (κ2) is 8.62. The summed E-state index contributed by atoms with van der Waals surface area (Å²) < 4.78 is 18.6. The Bertz CT molecular complexity index is 872. The number of carbonyl (C=O) groups excluding carboxylic acids is 1.